The number of nitrogens with one attached hydrogen (secondary N) is 1. The Labute approximate surface area is 73.9 Å². The number of benzene rings is 1. The van der Waals surface area contributed by atoms with Crippen molar-refractivity contribution in [1.82, 2.24) is 9.78 Å². The molecule has 0 spiro atoms. The van der Waals surface area contributed by atoms with Crippen molar-refractivity contribution in [2.45, 2.75) is 0 Å². The first-order valence-corrected chi connectivity index (χ1v) is 3.69. The van der Waals surface area contributed by atoms with Crippen LogP contribution < -0.4 is 5.73 Å². The van der Waals surface area contributed by atoms with E-state index in [0.717, 1.165) is 5.39 Å². The van der Waals surface area contributed by atoms with Crippen LogP contribution >= 0.6 is 0 Å². The number of hydrogen-bond donors (Lipinski definition) is 3. The Morgan fingerprint density at radius 2 is 2.31 bits per heavy atom. The summed E-state index contributed by atoms with van der Waals surface area (Å²) in [6.45, 7) is 0. The van der Waals surface area contributed by atoms with Gasteiger partial charge < -0.3 is 10.8 Å². The predicted molar refractivity (Wildman–Crippen MR) is 48.7 cm³/mol. The highest BCUT2D eigenvalue weighted by Gasteiger charge is 2.02. The molecule has 0 atom stereocenters. The summed E-state index contributed by atoms with van der Waals surface area (Å²) < 4.78 is 1.25. The van der Waals surface area contributed by atoms with Crippen LogP contribution in [0.2, 0.25) is 0 Å². The highest BCUT2D eigenvalue weighted by Crippen LogP contribution is 2.17. The highest BCUT2D eigenvalue weighted by atomic mass is 16.3. The molecule has 0 saturated carbocycles. The Hall–Kier alpha value is -2.04. The highest BCUT2D eigenvalue weighted by molar-refractivity contribution is 5.85. The Morgan fingerprint density at radius 1 is 1.54 bits per heavy atom. The van der Waals surface area contributed by atoms with Crippen molar-refractivity contribution >= 4 is 16.9 Å². The number of phenolic OH excluding ortho intramolecular Hbond substituents is 1. The fraction of sp³-hybridized carbons (Fsp3) is 0. The lowest BCUT2D eigenvalue weighted by atomic mass is 10.2. The first kappa shape index (κ1) is 7.60. The van der Waals surface area contributed by atoms with Gasteiger partial charge in [-0.2, -0.15) is 5.10 Å². The first-order valence-electron chi connectivity index (χ1n) is 3.69. The smallest absolute Gasteiger partial charge is 0.213 e. The molecule has 0 aliphatic heterocycles. The number of phenols is 1. The second-order valence-corrected chi connectivity index (χ2v) is 2.70. The molecule has 0 radical (unpaired) electrons. The zero-order chi connectivity index (χ0) is 9.42. The number of fused-ring (bicyclic) bond motifs is 1. The molecule has 2 aromatic rings. The number of nitrogens with zero attached hydrogens (tertiary/aromatic N) is 2. The maximum absolute atomic E-state index is 9.16. The van der Waals surface area contributed by atoms with Gasteiger partial charge in [-0.25, -0.2) is 4.68 Å². The molecule has 1 aromatic carbocycles. The van der Waals surface area contributed by atoms with Gasteiger partial charge in [0, 0.05) is 11.6 Å². The van der Waals surface area contributed by atoms with E-state index in [9.17, 15) is 0 Å². The topological polar surface area (TPSA) is 87.9 Å². The molecule has 66 valence electrons. The molecule has 13 heavy (non-hydrogen) atoms. The standard InChI is InChI=1S/C8H8N4O/c9-8(10)12-4-5-3-6(13)1-2-7(5)11-12/h1-4,13H,(H3,9,10). The second-order valence-electron chi connectivity index (χ2n) is 2.70. The van der Waals surface area contributed by atoms with Crippen LogP contribution in [0, 0.1) is 5.41 Å². The van der Waals surface area contributed by atoms with Gasteiger partial charge in [0.15, 0.2) is 0 Å². The van der Waals surface area contributed by atoms with Gasteiger partial charge >= 0.3 is 0 Å². The number of nitrogens with two attached hydrogens (primary N) is 1. The fourth-order valence-electron chi connectivity index (χ4n) is 1.14. The van der Waals surface area contributed by atoms with E-state index in [4.69, 9.17) is 16.2 Å². The minimum absolute atomic E-state index is 0.143. The summed E-state index contributed by atoms with van der Waals surface area (Å²) in [6, 6.07) is 4.78. The Kier molecular flexibility index (Phi) is 1.45. The van der Waals surface area contributed by atoms with Gasteiger partial charge in [-0.15, -0.1) is 0 Å². The van der Waals surface area contributed by atoms with Crippen molar-refractivity contribution in [3.63, 3.8) is 0 Å². The van der Waals surface area contributed by atoms with Crippen LogP contribution in [0.15, 0.2) is 24.4 Å². The number of nitrogen functional groups attached to an aromatic ring is 1. The summed E-state index contributed by atoms with van der Waals surface area (Å²) in [7, 11) is 0. The molecule has 0 bridgehead atoms. The summed E-state index contributed by atoms with van der Waals surface area (Å²) in [4.78, 5) is 0. The maximum atomic E-state index is 9.16. The molecule has 0 unspecified atom stereocenters. The number of rotatable bonds is 0. The lowest BCUT2D eigenvalue weighted by Gasteiger charge is -1.91. The summed E-state index contributed by atoms with van der Waals surface area (Å²) in [5.74, 6) is 0.0336. The molecule has 2 rings (SSSR count). The SMILES string of the molecule is N=C(N)n1cc2cc(O)ccc2n1. The molecular weight excluding hydrogens is 168 g/mol. The van der Waals surface area contributed by atoms with E-state index >= 15 is 0 Å². The summed E-state index contributed by atoms with van der Waals surface area (Å²) in [5.41, 5.74) is 5.94. The van der Waals surface area contributed by atoms with Gasteiger partial charge in [-0.3, -0.25) is 5.41 Å². The summed E-state index contributed by atoms with van der Waals surface area (Å²) in [5, 5.41) is 21.1. The molecule has 5 nitrogen and oxygen atoms in total. The zero-order valence-corrected chi connectivity index (χ0v) is 6.73. The minimum atomic E-state index is -0.143. The van der Waals surface area contributed by atoms with Gasteiger partial charge in [-0.05, 0) is 18.2 Å². The average molecular weight is 176 g/mol. The first-order chi connectivity index (χ1) is 6.16. The molecule has 0 amide bonds. The van der Waals surface area contributed by atoms with Gasteiger partial charge in [0.25, 0.3) is 0 Å². The molecule has 0 saturated heterocycles. The van der Waals surface area contributed by atoms with Crippen LogP contribution in [0.3, 0.4) is 0 Å². The van der Waals surface area contributed by atoms with Crippen LogP contribution in [0.4, 0.5) is 0 Å². The van der Waals surface area contributed by atoms with Crippen LogP contribution in [0.1, 0.15) is 0 Å². The van der Waals surface area contributed by atoms with Crippen LogP contribution in [0.25, 0.3) is 10.9 Å². The van der Waals surface area contributed by atoms with Crippen LogP contribution in [-0.4, -0.2) is 20.8 Å². The Balaban J connectivity index is 2.68. The molecule has 0 fully saturated rings. The van der Waals surface area contributed by atoms with E-state index < -0.39 is 0 Å². The maximum Gasteiger partial charge on any atom is 0.213 e. The van der Waals surface area contributed by atoms with E-state index in [1.54, 1.807) is 24.4 Å². The lowest BCUT2D eigenvalue weighted by molar-refractivity contribution is 0.476. The van der Waals surface area contributed by atoms with E-state index in [1.807, 2.05) is 0 Å². The molecule has 4 N–H and O–H groups in total. The molecule has 1 heterocycles. The minimum Gasteiger partial charge on any atom is -0.508 e. The van der Waals surface area contributed by atoms with E-state index in [2.05, 4.69) is 5.10 Å². The lowest BCUT2D eigenvalue weighted by Crippen LogP contribution is -2.20. The third-order valence-corrected chi connectivity index (χ3v) is 1.73. The van der Waals surface area contributed by atoms with Crippen molar-refractivity contribution in [2.75, 3.05) is 0 Å². The van der Waals surface area contributed by atoms with Crippen molar-refractivity contribution < 1.29 is 5.11 Å². The van der Waals surface area contributed by atoms with Gasteiger partial charge in [0.1, 0.15) is 5.75 Å². The van der Waals surface area contributed by atoms with Crippen LogP contribution in [-0.2, 0) is 0 Å². The van der Waals surface area contributed by atoms with Crippen molar-refractivity contribution in [2.24, 2.45) is 5.73 Å². The molecule has 0 aliphatic carbocycles. The normalized spacial score (nSPS) is 10.5. The zero-order valence-electron chi connectivity index (χ0n) is 6.73. The van der Waals surface area contributed by atoms with Crippen LogP contribution in [0.5, 0.6) is 5.75 Å². The van der Waals surface area contributed by atoms with E-state index in [-0.39, 0.29) is 11.7 Å². The number of aromatic nitrogens is 2. The van der Waals surface area contributed by atoms with Gasteiger partial charge in [-0.1, -0.05) is 0 Å². The third-order valence-electron chi connectivity index (χ3n) is 1.73. The third kappa shape index (κ3) is 1.20. The fourth-order valence-corrected chi connectivity index (χ4v) is 1.14. The molecule has 1 aromatic heterocycles. The Bertz CT molecular complexity index is 474. The quantitative estimate of drug-likeness (QED) is 0.403. The molecular formula is C8H8N4O. The summed E-state index contributed by atoms with van der Waals surface area (Å²) in [6.07, 6.45) is 1.59. The van der Waals surface area contributed by atoms with Crippen molar-refractivity contribution in [3.8, 4) is 5.75 Å². The summed E-state index contributed by atoms with van der Waals surface area (Å²) >= 11 is 0. The molecule has 5 heteroatoms. The van der Waals surface area contributed by atoms with Gasteiger partial charge in [0.05, 0.1) is 5.52 Å². The Morgan fingerprint density at radius 3 is 3.00 bits per heavy atom. The van der Waals surface area contributed by atoms with Crippen molar-refractivity contribution in [3.05, 3.63) is 24.4 Å². The second kappa shape index (κ2) is 2.48. The number of hydrogen-bond acceptors (Lipinski definition) is 3. The van der Waals surface area contributed by atoms with Crippen molar-refractivity contribution in [1.29, 1.82) is 5.41 Å². The predicted octanol–water partition coefficient (Wildman–Crippen LogP) is 0.483. The average Bonchev–Trinajstić information content (AvgIpc) is 2.46. The number of aromatic hydroxyl groups is 1. The molecule has 0 aliphatic rings. The largest absolute Gasteiger partial charge is 0.508 e. The van der Waals surface area contributed by atoms with Gasteiger partial charge in [0.2, 0.25) is 5.96 Å². The van der Waals surface area contributed by atoms with E-state index in [0.29, 0.717) is 5.52 Å². The van der Waals surface area contributed by atoms with E-state index in [1.165, 1.54) is 4.68 Å². The monoisotopic (exact) mass is 176 g/mol.